The van der Waals surface area contributed by atoms with E-state index in [1.165, 1.54) is 23.7 Å². The van der Waals surface area contributed by atoms with Crippen molar-refractivity contribution in [3.05, 3.63) is 11.6 Å². The molecule has 25 heavy (non-hydrogen) atoms. The van der Waals surface area contributed by atoms with Gasteiger partial charge in [-0.05, 0) is 24.4 Å². The summed E-state index contributed by atoms with van der Waals surface area (Å²) in [6.07, 6.45) is 1.56. The predicted molar refractivity (Wildman–Crippen MR) is 89.2 cm³/mol. The number of fused-ring (bicyclic) bond motifs is 1. The number of imidazole rings is 1. The van der Waals surface area contributed by atoms with Gasteiger partial charge in [-0.25, -0.2) is 15.0 Å². The van der Waals surface area contributed by atoms with E-state index in [9.17, 15) is 15.3 Å². The van der Waals surface area contributed by atoms with Gasteiger partial charge in [0.1, 0.15) is 24.6 Å². The van der Waals surface area contributed by atoms with E-state index < -0.39 is 31.1 Å². The standard InChI is InChI=1S/C15H20ClN5O4/c16-15-20-9-12(19-7-3-1-2-4-7)17-6-18-13(9)21(15)14-11(24)10(23)8(5-22)25-14/h6-8,10-11,14,22-24H,1-5H2,(H,17,18,19)/t8-,10-,11-,14-/m1/s1. The van der Waals surface area contributed by atoms with E-state index >= 15 is 0 Å². The molecular formula is C15H20ClN5O4. The first-order valence-electron chi connectivity index (χ1n) is 8.37. The Morgan fingerprint density at radius 2 is 2.00 bits per heavy atom. The van der Waals surface area contributed by atoms with E-state index in [4.69, 9.17) is 16.3 Å². The minimum atomic E-state index is -1.26. The number of aromatic nitrogens is 4. The summed E-state index contributed by atoms with van der Waals surface area (Å²) >= 11 is 6.26. The second-order valence-electron chi connectivity index (χ2n) is 6.50. The zero-order valence-electron chi connectivity index (χ0n) is 13.4. The number of hydrogen-bond donors (Lipinski definition) is 4. The average molecular weight is 370 g/mol. The molecule has 1 saturated carbocycles. The third-order valence-corrected chi connectivity index (χ3v) is 5.17. The molecule has 4 rings (SSSR count). The highest BCUT2D eigenvalue weighted by molar-refractivity contribution is 6.29. The highest BCUT2D eigenvalue weighted by Crippen LogP contribution is 2.35. The van der Waals surface area contributed by atoms with Crippen LogP contribution < -0.4 is 5.32 Å². The van der Waals surface area contributed by atoms with Gasteiger partial charge in [0.25, 0.3) is 0 Å². The van der Waals surface area contributed by atoms with Crippen LogP contribution in [0, 0.1) is 0 Å². The van der Waals surface area contributed by atoms with Gasteiger partial charge in [-0.1, -0.05) is 12.8 Å². The number of halogens is 1. The number of hydrogen-bond acceptors (Lipinski definition) is 8. The van der Waals surface area contributed by atoms with Crippen LogP contribution in [0.2, 0.25) is 5.28 Å². The fourth-order valence-electron chi connectivity index (χ4n) is 3.57. The second-order valence-corrected chi connectivity index (χ2v) is 6.84. The van der Waals surface area contributed by atoms with Crippen LogP contribution in [0.5, 0.6) is 0 Å². The maximum Gasteiger partial charge on any atom is 0.207 e. The van der Waals surface area contributed by atoms with Gasteiger partial charge in [-0.15, -0.1) is 0 Å². The molecule has 2 fully saturated rings. The molecule has 136 valence electrons. The zero-order chi connectivity index (χ0) is 17.6. The van der Waals surface area contributed by atoms with Gasteiger partial charge < -0.3 is 25.4 Å². The van der Waals surface area contributed by atoms with Crippen LogP contribution in [-0.2, 0) is 4.74 Å². The number of aliphatic hydroxyl groups excluding tert-OH is 3. The van der Waals surface area contributed by atoms with Gasteiger partial charge in [0, 0.05) is 6.04 Å². The van der Waals surface area contributed by atoms with E-state index in [0.29, 0.717) is 23.0 Å². The van der Waals surface area contributed by atoms with Crippen molar-refractivity contribution in [2.24, 2.45) is 0 Å². The van der Waals surface area contributed by atoms with Crippen LogP contribution in [-0.4, -0.2) is 65.8 Å². The van der Waals surface area contributed by atoms with Crippen molar-refractivity contribution in [2.45, 2.75) is 56.3 Å². The summed E-state index contributed by atoms with van der Waals surface area (Å²) in [7, 11) is 0. The molecule has 2 aromatic rings. The maximum atomic E-state index is 10.3. The zero-order valence-corrected chi connectivity index (χ0v) is 14.2. The van der Waals surface area contributed by atoms with Gasteiger partial charge >= 0.3 is 0 Å². The number of rotatable bonds is 4. The van der Waals surface area contributed by atoms with Crippen molar-refractivity contribution in [1.29, 1.82) is 0 Å². The molecule has 2 aliphatic rings. The second kappa shape index (κ2) is 6.65. The van der Waals surface area contributed by atoms with E-state index in [1.807, 2.05) is 0 Å². The Labute approximate surface area is 148 Å². The van der Waals surface area contributed by atoms with Gasteiger partial charge in [0.15, 0.2) is 23.2 Å². The third kappa shape index (κ3) is 2.85. The van der Waals surface area contributed by atoms with E-state index in [0.717, 1.165) is 12.8 Å². The molecule has 10 heteroatoms. The number of anilines is 1. The molecule has 4 N–H and O–H groups in total. The highest BCUT2D eigenvalue weighted by atomic mass is 35.5. The molecule has 0 unspecified atom stereocenters. The smallest absolute Gasteiger partial charge is 0.207 e. The number of nitrogens with zero attached hydrogens (tertiary/aromatic N) is 4. The Morgan fingerprint density at radius 1 is 1.24 bits per heavy atom. The van der Waals surface area contributed by atoms with Crippen LogP contribution in [0.25, 0.3) is 11.2 Å². The Morgan fingerprint density at radius 3 is 2.68 bits per heavy atom. The molecule has 0 spiro atoms. The van der Waals surface area contributed by atoms with Crippen molar-refractivity contribution in [3.8, 4) is 0 Å². The summed E-state index contributed by atoms with van der Waals surface area (Å²) in [5, 5.41) is 33.0. The number of nitrogens with one attached hydrogen (secondary N) is 1. The number of aliphatic hydroxyl groups is 3. The lowest BCUT2D eigenvalue weighted by atomic mass is 10.1. The summed E-state index contributed by atoms with van der Waals surface area (Å²) in [6.45, 7) is -0.414. The molecule has 9 nitrogen and oxygen atoms in total. The van der Waals surface area contributed by atoms with Crippen molar-refractivity contribution < 1.29 is 20.1 Å². The first kappa shape index (κ1) is 16.9. The van der Waals surface area contributed by atoms with Crippen LogP contribution in [0.3, 0.4) is 0 Å². The molecule has 0 bridgehead atoms. The van der Waals surface area contributed by atoms with Crippen LogP contribution in [0.4, 0.5) is 5.82 Å². The summed E-state index contributed by atoms with van der Waals surface area (Å²) in [5.74, 6) is 0.587. The van der Waals surface area contributed by atoms with E-state index in [-0.39, 0.29) is 5.28 Å². The lowest BCUT2D eigenvalue weighted by Gasteiger charge is -2.17. The summed E-state index contributed by atoms with van der Waals surface area (Å²) in [4.78, 5) is 12.8. The van der Waals surface area contributed by atoms with Crippen molar-refractivity contribution >= 4 is 28.6 Å². The molecule has 1 aliphatic carbocycles. The van der Waals surface area contributed by atoms with E-state index in [1.54, 1.807) is 0 Å². The molecule has 4 atom stereocenters. The Hall–Kier alpha value is -1.52. The average Bonchev–Trinajstić information content (AvgIpc) is 3.29. The van der Waals surface area contributed by atoms with Crippen LogP contribution in [0.15, 0.2) is 6.33 Å². The third-order valence-electron chi connectivity index (χ3n) is 4.90. The maximum absolute atomic E-state index is 10.3. The first-order valence-corrected chi connectivity index (χ1v) is 8.75. The molecule has 0 aromatic carbocycles. The highest BCUT2D eigenvalue weighted by Gasteiger charge is 2.45. The van der Waals surface area contributed by atoms with Crippen molar-refractivity contribution in [1.82, 2.24) is 19.5 Å². The van der Waals surface area contributed by atoms with Crippen LogP contribution in [0.1, 0.15) is 31.9 Å². The monoisotopic (exact) mass is 369 g/mol. The molecule has 3 heterocycles. The minimum absolute atomic E-state index is 0.0693. The predicted octanol–water partition coefficient (Wildman–Crippen LogP) is 0.446. The normalized spacial score (nSPS) is 30.4. The molecule has 0 radical (unpaired) electrons. The van der Waals surface area contributed by atoms with Gasteiger partial charge in [0.2, 0.25) is 5.28 Å². The quantitative estimate of drug-likeness (QED) is 0.572. The van der Waals surface area contributed by atoms with E-state index in [2.05, 4.69) is 20.3 Å². The van der Waals surface area contributed by atoms with Crippen LogP contribution >= 0.6 is 11.6 Å². The Kier molecular flexibility index (Phi) is 4.50. The minimum Gasteiger partial charge on any atom is -0.394 e. The number of ether oxygens (including phenoxy) is 1. The summed E-state index contributed by atoms with van der Waals surface area (Å²) < 4.78 is 6.97. The molecular weight excluding hydrogens is 350 g/mol. The Balaban J connectivity index is 1.71. The lowest BCUT2D eigenvalue weighted by molar-refractivity contribution is -0.0509. The fourth-order valence-corrected chi connectivity index (χ4v) is 3.83. The topological polar surface area (TPSA) is 126 Å². The summed E-state index contributed by atoms with van der Waals surface area (Å²) in [5.41, 5.74) is 0.882. The largest absolute Gasteiger partial charge is 0.394 e. The van der Waals surface area contributed by atoms with Gasteiger partial charge in [-0.2, -0.15) is 0 Å². The molecule has 0 amide bonds. The fraction of sp³-hybridized carbons (Fsp3) is 0.667. The SMILES string of the molecule is OC[C@H]1O[C@@H](n2c(Cl)nc3c(NC4CCCC4)ncnc32)[C@H](O)[C@@H]1O. The van der Waals surface area contributed by atoms with Gasteiger partial charge in [-0.3, -0.25) is 4.57 Å². The lowest BCUT2D eigenvalue weighted by Crippen LogP contribution is -2.33. The van der Waals surface area contributed by atoms with Crippen molar-refractivity contribution in [2.75, 3.05) is 11.9 Å². The van der Waals surface area contributed by atoms with Crippen molar-refractivity contribution in [3.63, 3.8) is 0 Å². The molecule has 2 aromatic heterocycles. The summed E-state index contributed by atoms with van der Waals surface area (Å²) in [6, 6.07) is 0.343. The molecule has 1 saturated heterocycles. The Bertz CT molecular complexity index is 766. The first-order chi connectivity index (χ1) is 12.1. The molecule has 1 aliphatic heterocycles. The van der Waals surface area contributed by atoms with Gasteiger partial charge in [0.05, 0.1) is 6.61 Å².